The van der Waals surface area contributed by atoms with Gasteiger partial charge in [0, 0.05) is 29.9 Å². The maximum Gasteiger partial charge on any atom is 0.243 e. The van der Waals surface area contributed by atoms with Crippen molar-refractivity contribution in [3.63, 3.8) is 0 Å². The van der Waals surface area contributed by atoms with Crippen molar-refractivity contribution in [2.24, 2.45) is 0 Å². The molecule has 5 heteroatoms. The molecule has 0 radical (unpaired) electrons. The number of rotatable bonds is 12. The lowest BCUT2D eigenvalue weighted by Crippen LogP contribution is -2.52. The van der Waals surface area contributed by atoms with E-state index in [0.29, 0.717) is 31.7 Å². The number of carbonyl (C=O) groups is 2. The van der Waals surface area contributed by atoms with Crippen molar-refractivity contribution in [3.05, 3.63) is 106 Å². The van der Waals surface area contributed by atoms with Crippen LogP contribution in [0.2, 0.25) is 0 Å². The van der Waals surface area contributed by atoms with Crippen LogP contribution in [0.3, 0.4) is 0 Å². The smallest absolute Gasteiger partial charge is 0.243 e. The van der Waals surface area contributed by atoms with E-state index in [1.165, 1.54) is 5.56 Å². The number of nitrogens with one attached hydrogen (secondary N) is 1. The van der Waals surface area contributed by atoms with Gasteiger partial charge < -0.3 is 10.2 Å². The van der Waals surface area contributed by atoms with Gasteiger partial charge in [0.25, 0.3) is 0 Å². The highest BCUT2D eigenvalue weighted by molar-refractivity contribution is 9.10. The van der Waals surface area contributed by atoms with Crippen molar-refractivity contribution < 1.29 is 9.59 Å². The third kappa shape index (κ3) is 8.85. The summed E-state index contributed by atoms with van der Waals surface area (Å²) in [6, 6.07) is 25.8. The Kier molecular flexibility index (Phi) is 10.9. The van der Waals surface area contributed by atoms with E-state index in [2.05, 4.69) is 59.4 Å². The molecule has 0 spiro atoms. The quantitative estimate of drug-likeness (QED) is 0.257. The first kappa shape index (κ1) is 28.6. The van der Waals surface area contributed by atoms with Crippen LogP contribution in [-0.2, 0) is 29.0 Å². The molecule has 2 amide bonds. The van der Waals surface area contributed by atoms with Gasteiger partial charge in [0.15, 0.2) is 0 Å². The summed E-state index contributed by atoms with van der Waals surface area (Å²) in [5.41, 5.74) is 4.43. The van der Waals surface area contributed by atoms with E-state index in [-0.39, 0.29) is 17.9 Å². The van der Waals surface area contributed by atoms with Crippen LogP contribution in [0.1, 0.15) is 68.7 Å². The molecule has 0 aliphatic rings. The molecule has 0 aromatic heterocycles. The summed E-state index contributed by atoms with van der Waals surface area (Å²) >= 11 is 3.55. The van der Waals surface area contributed by atoms with Crippen LogP contribution in [-0.4, -0.2) is 28.8 Å². The topological polar surface area (TPSA) is 49.4 Å². The standard InChI is InChI=1S/C32H39BrN2O2/c1-5-24(4)34-32(37)30(21-26-10-7-6-8-11-26)35(22-27-12-9-13-29(33)20-27)31(36)19-16-25-14-17-28(18-15-25)23(2)3/h6-15,17-18,20,23-24,30H,5,16,19,21-22H2,1-4H3,(H,34,37). The zero-order valence-electron chi connectivity index (χ0n) is 22.4. The van der Waals surface area contributed by atoms with E-state index in [1.807, 2.05) is 68.4 Å². The average molecular weight is 564 g/mol. The molecule has 0 bridgehead atoms. The minimum Gasteiger partial charge on any atom is -0.352 e. The largest absolute Gasteiger partial charge is 0.352 e. The highest BCUT2D eigenvalue weighted by Gasteiger charge is 2.30. The summed E-state index contributed by atoms with van der Waals surface area (Å²) in [5.74, 6) is 0.343. The molecular weight excluding hydrogens is 524 g/mol. The van der Waals surface area contributed by atoms with Crippen molar-refractivity contribution >= 4 is 27.7 Å². The van der Waals surface area contributed by atoms with Crippen LogP contribution >= 0.6 is 15.9 Å². The van der Waals surface area contributed by atoms with Crippen LogP contribution in [0.5, 0.6) is 0 Å². The number of halogens is 1. The van der Waals surface area contributed by atoms with Crippen molar-refractivity contribution in [2.75, 3.05) is 0 Å². The maximum atomic E-state index is 13.8. The van der Waals surface area contributed by atoms with Crippen LogP contribution in [0.15, 0.2) is 83.3 Å². The van der Waals surface area contributed by atoms with Crippen LogP contribution in [0.4, 0.5) is 0 Å². The Morgan fingerprint density at radius 2 is 1.54 bits per heavy atom. The Morgan fingerprint density at radius 3 is 2.16 bits per heavy atom. The number of hydrogen-bond acceptors (Lipinski definition) is 2. The van der Waals surface area contributed by atoms with Crippen molar-refractivity contribution in [1.29, 1.82) is 0 Å². The molecule has 1 N–H and O–H groups in total. The number of benzene rings is 3. The minimum atomic E-state index is -0.605. The van der Waals surface area contributed by atoms with E-state index in [4.69, 9.17) is 0 Å². The lowest BCUT2D eigenvalue weighted by molar-refractivity contribution is -0.141. The number of hydrogen-bond donors (Lipinski definition) is 1. The number of aryl methyl sites for hydroxylation is 1. The molecule has 3 rings (SSSR count). The van der Waals surface area contributed by atoms with Gasteiger partial charge in [-0.25, -0.2) is 0 Å². The van der Waals surface area contributed by atoms with Gasteiger partial charge in [-0.3, -0.25) is 9.59 Å². The Labute approximate surface area is 230 Å². The van der Waals surface area contributed by atoms with Crippen molar-refractivity contribution in [3.8, 4) is 0 Å². The predicted octanol–water partition coefficient (Wildman–Crippen LogP) is 7.06. The third-order valence-electron chi connectivity index (χ3n) is 6.79. The van der Waals surface area contributed by atoms with Gasteiger partial charge in [-0.15, -0.1) is 0 Å². The van der Waals surface area contributed by atoms with E-state index < -0.39 is 6.04 Å². The Bertz CT molecular complexity index is 1140. The molecule has 0 fully saturated rings. The minimum absolute atomic E-state index is 0.0202. The van der Waals surface area contributed by atoms with Gasteiger partial charge in [-0.05, 0) is 60.1 Å². The summed E-state index contributed by atoms with van der Waals surface area (Å²) in [7, 11) is 0. The highest BCUT2D eigenvalue weighted by atomic mass is 79.9. The molecule has 0 saturated carbocycles. The lowest BCUT2D eigenvalue weighted by atomic mass is 9.99. The van der Waals surface area contributed by atoms with Crippen LogP contribution < -0.4 is 5.32 Å². The first-order valence-electron chi connectivity index (χ1n) is 13.2. The molecule has 3 aromatic carbocycles. The normalized spacial score (nSPS) is 12.7. The molecule has 3 aromatic rings. The second kappa shape index (κ2) is 14.1. The molecule has 0 heterocycles. The molecular formula is C32H39BrN2O2. The zero-order chi connectivity index (χ0) is 26.8. The molecule has 2 atom stereocenters. The first-order valence-corrected chi connectivity index (χ1v) is 14.0. The van der Waals surface area contributed by atoms with Gasteiger partial charge in [0.2, 0.25) is 11.8 Å². The second-order valence-corrected chi connectivity index (χ2v) is 11.0. The molecule has 0 saturated heterocycles. The van der Waals surface area contributed by atoms with Crippen LogP contribution in [0.25, 0.3) is 0 Å². The summed E-state index contributed by atoms with van der Waals surface area (Å²) < 4.78 is 0.950. The molecule has 196 valence electrons. The summed E-state index contributed by atoms with van der Waals surface area (Å²) in [6.45, 7) is 8.77. The summed E-state index contributed by atoms with van der Waals surface area (Å²) in [6.07, 6.45) is 2.27. The van der Waals surface area contributed by atoms with Gasteiger partial charge >= 0.3 is 0 Å². The van der Waals surface area contributed by atoms with Crippen molar-refractivity contribution in [2.45, 2.75) is 77.9 Å². The number of amides is 2. The number of carbonyl (C=O) groups excluding carboxylic acids is 2. The third-order valence-corrected chi connectivity index (χ3v) is 7.28. The van der Waals surface area contributed by atoms with Crippen LogP contribution in [0, 0.1) is 0 Å². The Hall–Kier alpha value is -2.92. The predicted molar refractivity (Wildman–Crippen MR) is 155 cm³/mol. The molecule has 37 heavy (non-hydrogen) atoms. The zero-order valence-corrected chi connectivity index (χ0v) is 24.0. The molecule has 0 aliphatic carbocycles. The van der Waals surface area contributed by atoms with Gasteiger partial charge in [-0.1, -0.05) is 103 Å². The fraction of sp³-hybridized carbons (Fsp3) is 0.375. The molecule has 4 nitrogen and oxygen atoms in total. The average Bonchev–Trinajstić information content (AvgIpc) is 2.90. The van der Waals surface area contributed by atoms with E-state index in [1.54, 1.807) is 4.90 Å². The van der Waals surface area contributed by atoms with E-state index in [9.17, 15) is 9.59 Å². The lowest BCUT2D eigenvalue weighted by Gasteiger charge is -2.32. The van der Waals surface area contributed by atoms with E-state index >= 15 is 0 Å². The number of nitrogens with zero attached hydrogens (tertiary/aromatic N) is 1. The molecule has 2 unspecified atom stereocenters. The van der Waals surface area contributed by atoms with Crippen molar-refractivity contribution in [1.82, 2.24) is 10.2 Å². The van der Waals surface area contributed by atoms with E-state index in [0.717, 1.165) is 27.6 Å². The summed E-state index contributed by atoms with van der Waals surface area (Å²) in [5, 5.41) is 3.13. The molecule has 0 aliphatic heterocycles. The first-order chi connectivity index (χ1) is 17.8. The van der Waals surface area contributed by atoms with Gasteiger partial charge in [0.05, 0.1) is 0 Å². The monoisotopic (exact) mass is 562 g/mol. The summed E-state index contributed by atoms with van der Waals surface area (Å²) in [4.78, 5) is 29.2. The fourth-order valence-corrected chi connectivity index (χ4v) is 4.74. The maximum absolute atomic E-state index is 13.8. The highest BCUT2D eigenvalue weighted by Crippen LogP contribution is 2.20. The van der Waals surface area contributed by atoms with Gasteiger partial charge in [0.1, 0.15) is 6.04 Å². The van der Waals surface area contributed by atoms with Gasteiger partial charge in [-0.2, -0.15) is 0 Å². The Balaban J connectivity index is 1.89. The SMILES string of the molecule is CCC(C)NC(=O)C(Cc1ccccc1)N(Cc1cccc(Br)c1)C(=O)CCc1ccc(C(C)C)cc1. The second-order valence-electron chi connectivity index (χ2n) is 10.1. The fourth-order valence-electron chi connectivity index (χ4n) is 4.29. The Morgan fingerprint density at radius 1 is 0.865 bits per heavy atom.